The first-order valence-electron chi connectivity index (χ1n) is 12.9. The van der Waals surface area contributed by atoms with Crippen LogP contribution in [0.3, 0.4) is 0 Å². The van der Waals surface area contributed by atoms with Crippen LogP contribution in [0.2, 0.25) is 0 Å². The number of carboxylic acids is 1. The van der Waals surface area contributed by atoms with E-state index >= 15 is 0 Å². The van der Waals surface area contributed by atoms with Crippen molar-refractivity contribution in [2.75, 3.05) is 19.7 Å². The number of carbonyl (C=O) groups excluding carboxylic acids is 1. The van der Waals surface area contributed by atoms with Gasteiger partial charge in [0.05, 0.1) is 13.0 Å². The number of benzene rings is 1. The van der Waals surface area contributed by atoms with Crippen molar-refractivity contribution >= 4 is 18.0 Å². The van der Waals surface area contributed by atoms with E-state index in [-0.39, 0.29) is 17.9 Å². The van der Waals surface area contributed by atoms with Crippen LogP contribution >= 0.6 is 0 Å². The van der Waals surface area contributed by atoms with Crippen LogP contribution in [0.25, 0.3) is 6.08 Å². The summed E-state index contributed by atoms with van der Waals surface area (Å²) in [5.41, 5.74) is 3.18. The topological polar surface area (TPSA) is 79.7 Å². The third kappa shape index (κ3) is 6.93. The zero-order valence-electron chi connectivity index (χ0n) is 20.6. The van der Waals surface area contributed by atoms with E-state index < -0.39 is 5.97 Å². The molecular formula is C29H36N2O4. The maximum Gasteiger partial charge on any atom is 0.332 e. The van der Waals surface area contributed by atoms with E-state index in [1.807, 2.05) is 35.4 Å². The molecule has 186 valence electrons. The monoisotopic (exact) mass is 476 g/mol. The summed E-state index contributed by atoms with van der Waals surface area (Å²) in [5, 5.41) is 9.68. The van der Waals surface area contributed by atoms with Gasteiger partial charge in [0.2, 0.25) is 5.91 Å². The Morgan fingerprint density at radius 3 is 2.40 bits per heavy atom. The maximum atomic E-state index is 12.8. The van der Waals surface area contributed by atoms with Gasteiger partial charge in [-0.3, -0.25) is 9.78 Å². The highest BCUT2D eigenvalue weighted by molar-refractivity contribution is 5.98. The Labute approximate surface area is 208 Å². The van der Waals surface area contributed by atoms with E-state index in [4.69, 9.17) is 4.74 Å². The van der Waals surface area contributed by atoms with Crippen LogP contribution in [0.4, 0.5) is 0 Å². The summed E-state index contributed by atoms with van der Waals surface area (Å²) in [7, 11) is 0. The van der Waals surface area contributed by atoms with Gasteiger partial charge in [-0.2, -0.15) is 0 Å². The average Bonchev–Trinajstić information content (AvgIpc) is 3.32. The van der Waals surface area contributed by atoms with E-state index in [2.05, 4.69) is 24.0 Å². The van der Waals surface area contributed by atoms with Crippen molar-refractivity contribution in [1.82, 2.24) is 9.88 Å². The van der Waals surface area contributed by atoms with Crippen molar-refractivity contribution in [2.45, 2.75) is 58.3 Å². The number of hydrogen-bond donors (Lipinski definition) is 1. The van der Waals surface area contributed by atoms with Gasteiger partial charge in [0.15, 0.2) is 0 Å². The van der Waals surface area contributed by atoms with E-state index in [9.17, 15) is 14.7 Å². The molecule has 1 aromatic carbocycles. The van der Waals surface area contributed by atoms with E-state index in [0.717, 1.165) is 49.4 Å². The summed E-state index contributed by atoms with van der Waals surface area (Å²) in [6.45, 7) is 4.26. The Balaban J connectivity index is 1.27. The Morgan fingerprint density at radius 1 is 1.09 bits per heavy atom. The number of aromatic nitrogens is 1. The summed E-state index contributed by atoms with van der Waals surface area (Å²) in [5.74, 6) is 0.803. The summed E-state index contributed by atoms with van der Waals surface area (Å²) >= 11 is 0. The molecule has 1 aliphatic carbocycles. The molecule has 2 atom stereocenters. The minimum Gasteiger partial charge on any atom is -0.494 e. The largest absolute Gasteiger partial charge is 0.494 e. The third-order valence-corrected chi connectivity index (χ3v) is 7.31. The molecule has 2 heterocycles. The van der Waals surface area contributed by atoms with Crippen molar-refractivity contribution in [1.29, 1.82) is 0 Å². The number of ether oxygens (including phenoxy) is 1. The number of hydrogen-bond acceptors (Lipinski definition) is 4. The lowest BCUT2D eigenvalue weighted by molar-refractivity contribution is -0.136. The first kappa shape index (κ1) is 25.0. The van der Waals surface area contributed by atoms with Gasteiger partial charge in [-0.25, -0.2) is 4.79 Å². The smallest absolute Gasteiger partial charge is 0.332 e. The molecule has 6 heteroatoms. The molecule has 1 saturated carbocycles. The highest BCUT2D eigenvalue weighted by atomic mass is 16.5. The number of pyridine rings is 1. The molecule has 0 radical (unpaired) electrons. The molecule has 0 spiro atoms. The molecule has 1 saturated heterocycles. The number of rotatable bonds is 10. The predicted molar refractivity (Wildman–Crippen MR) is 136 cm³/mol. The molecule has 1 amide bonds. The summed E-state index contributed by atoms with van der Waals surface area (Å²) in [6, 6.07) is 11.5. The molecule has 4 rings (SSSR count). The number of carboxylic acid groups (broad SMARTS) is 1. The maximum absolute atomic E-state index is 12.8. The molecule has 1 N–H and O–H groups in total. The number of nitrogens with zero attached hydrogens (tertiary/aromatic N) is 2. The Hall–Kier alpha value is -3.15. The Bertz CT molecular complexity index is 1020. The molecule has 6 nitrogen and oxygen atoms in total. The number of carbonyl (C=O) groups is 2. The van der Waals surface area contributed by atoms with E-state index in [1.54, 1.807) is 6.08 Å². The van der Waals surface area contributed by atoms with Gasteiger partial charge in [0.1, 0.15) is 5.75 Å². The van der Waals surface area contributed by atoms with Crippen molar-refractivity contribution < 1.29 is 19.4 Å². The number of aliphatic carboxylic acids is 1. The van der Waals surface area contributed by atoms with Crippen LogP contribution < -0.4 is 4.74 Å². The van der Waals surface area contributed by atoms with Crippen LogP contribution in [0.5, 0.6) is 5.75 Å². The fourth-order valence-electron chi connectivity index (χ4n) is 5.19. The van der Waals surface area contributed by atoms with Gasteiger partial charge in [-0.1, -0.05) is 38.0 Å². The van der Waals surface area contributed by atoms with Crippen LogP contribution in [0, 0.1) is 11.8 Å². The molecule has 0 unspecified atom stereocenters. The van der Waals surface area contributed by atoms with Crippen molar-refractivity contribution in [3.05, 3.63) is 65.0 Å². The summed E-state index contributed by atoms with van der Waals surface area (Å²) in [6.07, 6.45) is 11.0. The quantitative estimate of drug-likeness (QED) is 0.378. The van der Waals surface area contributed by atoms with Crippen molar-refractivity contribution in [3.63, 3.8) is 0 Å². The molecule has 1 aromatic heterocycles. The molecule has 35 heavy (non-hydrogen) atoms. The van der Waals surface area contributed by atoms with Gasteiger partial charge >= 0.3 is 5.97 Å². The Morgan fingerprint density at radius 2 is 1.80 bits per heavy atom. The highest BCUT2D eigenvalue weighted by Gasteiger charge is 2.36. The lowest BCUT2D eigenvalue weighted by Gasteiger charge is -2.22. The molecule has 1 aliphatic heterocycles. The zero-order chi connectivity index (χ0) is 24.6. The summed E-state index contributed by atoms with van der Waals surface area (Å²) in [4.78, 5) is 31.0. The minimum atomic E-state index is -1.05. The highest BCUT2D eigenvalue weighted by Crippen LogP contribution is 2.36. The molecule has 2 fully saturated rings. The average molecular weight is 477 g/mol. The SMILES string of the molecule is CCc1ccc(CCCOc2ccc(/C=C(\CC(=O)N3C[C@H]4CCCC[C@H]4C3)C(=O)O)cc2)nc1. The van der Waals surface area contributed by atoms with Crippen molar-refractivity contribution in [2.24, 2.45) is 11.8 Å². The first-order valence-corrected chi connectivity index (χ1v) is 12.9. The number of amides is 1. The van der Waals surface area contributed by atoms with Crippen LogP contribution in [-0.2, 0) is 22.4 Å². The normalized spacial score (nSPS) is 19.9. The number of fused-ring (bicyclic) bond motifs is 1. The zero-order valence-corrected chi connectivity index (χ0v) is 20.6. The predicted octanol–water partition coefficient (Wildman–Crippen LogP) is 5.16. The Kier molecular flexibility index (Phi) is 8.56. The van der Waals surface area contributed by atoms with Crippen molar-refractivity contribution in [3.8, 4) is 5.75 Å². The second-order valence-corrected chi connectivity index (χ2v) is 9.79. The van der Waals surface area contributed by atoms with Gasteiger partial charge < -0.3 is 14.7 Å². The van der Waals surface area contributed by atoms with Crippen LogP contribution in [0.1, 0.15) is 62.3 Å². The molecule has 2 aliphatic rings. The van der Waals surface area contributed by atoms with E-state index in [0.29, 0.717) is 18.4 Å². The second-order valence-electron chi connectivity index (χ2n) is 9.79. The third-order valence-electron chi connectivity index (χ3n) is 7.31. The van der Waals surface area contributed by atoms with Gasteiger partial charge in [-0.15, -0.1) is 0 Å². The first-order chi connectivity index (χ1) is 17.0. The fraction of sp³-hybridized carbons (Fsp3) is 0.483. The number of aryl methyl sites for hydroxylation is 2. The molecular weight excluding hydrogens is 440 g/mol. The minimum absolute atomic E-state index is 0.0692. The van der Waals surface area contributed by atoms with Gasteiger partial charge in [0.25, 0.3) is 0 Å². The lowest BCUT2D eigenvalue weighted by atomic mass is 9.82. The molecule has 2 aromatic rings. The standard InChI is InChI=1S/C29H36N2O4/c1-2-21-9-12-26(30-18-21)8-5-15-35-27-13-10-22(11-14-27)16-25(29(33)34)17-28(32)31-19-23-6-3-4-7-24(23)20-31/h9-14,16,18,23-24H,2-8,15,17,19-20H2,1H3,(H,33,34)/b25-16+/t23-,24+. The van der Waals surface area contributed by atoms with Gasteiger partial charge in [0, 0.05) is 30.6 Å². The lowest BCUT2D eigenvalue weighted by Crippen LogP contribution is -2.29. The fourth-order valence-corrected chi connectivity index (χ4v) is 5.19. The van der Waals surface area contributed by atoms with E-state index in [1.165, 1.54) is 31.2 Å². The second kappa shape index (κ2) is 12.0. The number of likely N-dealkylation sites (tertiary alicyclic amines) is 1. The molecule has 0 bridgehead atoms. The van der Waals surface area contributed by atoms with Crippen LogP contribution in [-0.4, -0.2) is 46.6 Å². The van der Waals surface area contributed by atoms with Crippen LogP contribution in [0.15, 0.2) is 48.2 Å². The van der Waals surface area contributed by atoms with Gasteiger partial charge in [-0.05, 0) is 79.3 Å². The summed E-state index contributed by atoms with van der Waals surface area (Å²) < 4.78 is 5.83.